The molecule has 0 saturated carbocycles. The smallest absolute Gasteiger partial charge is 0.240 e. The van der Waals surface area contributed by atoms with Gasteiger partial charge in [0.2, 0.25) is 20.0 Å². The van der Waals surface area contributed by atoms with E-state index in [-0.39, 0.29) is 18.0 Å². The van der Waals surface area contributed by atoms with Gasteiger partial charge in [0, 0.05) is 74.1 Å². The van der Waals surface area contributed by atoms with E-state index in [0.29, 0.717) is 30.8 Å². The Labute approximate surface area is 253 Å². The summed E-state index contributed by atoms with van der Waals surface area (Å²) in [6.45, 7) is 6.11. The zero-order valence-corrected chi connectivity index (χ0v) is 26.2. The van der Waals surface area contributed by atoms with Crippen LogP contribution in [0.25, 0.3) is 11.3 Å². The summed E-state index contributed by atoms with van der Waals surface area (Å²) >= 11 is 6.56. The average Bonchev–Trinajstić information content (AvgIpc) is 3.34. The number of ether oxygens (including phenoxy) is 1. The van der Waals surface area contributed by atoms with Gasteiger partial charge >= 0.3 is 0 Å². The molecule has 1 aromatic heterocycles. The first-order valence-corrected chi connectivity index (χ1v) is 18.0. The first kappa shape index (κ1) is 31.1. The highest BCUT2D eigenvalue weighted by molar-refractivity contribution is 7.89. The third-order valence-electron chi connectivity index (χ3n) is 7.80. The number of morpholine rings is 1. The fraction of sp³-hybridized carbons (Fsp3) is 0.483. The van der Waals surface area contributed by atoms with Crippen molar-refractivity contribution in [1.82, 2.24) is 23.7 Å². The van der Waals surface area contributed by atoms with Crippen molar-refractivity contribution in [2.24, 2.45) is 0 Å². The Hall–Kier alpha value is -2.32. The van der Waals surface area contributed by atoms with Crippen molar-refractivity contribution in [3.8, 4) is 11.3 Å². The molecular formula is C29H38ClN5O5S2. The molecule has 0 unspecified atom stereocenters. The van der Waals surface area contributed by atoms with Crippen LogP contribution in [0.15, 0.2) is 53.4 Å². The number of nitrogens with one attached hydrogen (secondary N) is 1. The van der Waals surface area contributed by atoms with Gasteiger partial charge in [-0.25, -0.2) is 21.6 Å². The van der Waals surface area contributed by atoms with Gasteiger partial charge in [-0.2, -0.15) is 9.40 Å². The lowest BCUT2D eigenvalue weighted by Crippen LogP contribution is -2.37. The van der Waals surface area contributed by atoms with E-state index in [9.17, 15) is 16.8 Å². The van der Waals surface area contributed by atoms with Crippen molar-refractivity contribution in [1.29, 1.82) is 0 Å². The first-order valence-electron chi connectivity index (χ1n) is 14.3. The number of hydrogen-bond donors (Lipinski definition) is 1. The summed E-state index contributed by atoms with van der Waals surface area (Å²) in [5.74, 6) is 0. The molecule has 0 bridgehead atoms. The van der Waals surface area contributed by atoms with Crippen LogP contribution in [0.3, 0.4) is 0 Å². The van der Waals surface area contributed by atoms with Crippen molar-refractivity contribution < 1.29 is 21.6 Å². The molecule has 228 valence electrons. The molecule has 0 spiro atoms. The molecule has 0 radical (unpaired) electrons. The number of hydrogen-bond acceptors (Lipinski definition) is 7. The van der Waals surface area contributed by atoms with E-state index in [1.165, 1.54) is 10.6 Å². The van der Waals surface area contributed by atoms with Crippen LogP contribution in [0.1, 0.15) is 29.7 Å². The van der Waals surface area contributed by atoms with Crippen LogP contribution in [0.2, 0.25) is 5.02 Å². The molecule has 3 aromatic rings. The van der Waals surface area contributed by atoms with Crippen molar-refractivity contribution in [3.63, 3.8) is 0 Å². The Morgan fingerprint density at radius 1 is 0.976 bits per heavy atom. The van der Waals surface area contributed by atoms with Gasteiger partial charge in [0.1, 0.15) is 0 Å². The molecule has 42 heavy (non-hydrogen) atoms. The molecule has 2 aliphatic rings. The number of aryl methyl sites for hydroxylation is 2. The van der Waals surface area contributed by atoms with Crippen LogP contribution in [-0.2, 0) is 50.7 Å². The summed E-state index contributed by atoms with van der Waals surface area (Å²) in [5, 5.41) is 5.61. The maximum atomic E-state index is 12.5. The van der Waals surface area contributed by atoms with Crippen LogP contribution >= 0.6 is 11.6 Å². The van der Waals surface area contributed by atoms with Gasteiger partial charge < -0.3 is 4.74 Å². The zero-order valence-electron chi connectivity index (χ0n) is 23.8. The monoisotopic (exact) mass is 635 g/mol. The van der Waals surface area contributed by atoms with E-state index < -0.39 is 20.0 Å². The van der Waals surface area contributed by atoms with Gasteiger partial charge in [-0.05, 0) is 49.1 Å². The van der Waals surface area contributed by atoms with Gasteiger partial charge in [0.15, 0.2) is 0 Å². The Balaban J connectivity index is 1.32. The minimum atomic E-state index is -3.57. The highest BCUT2D eigenvalue weighted by Gasteiger charge is 2.30. The molecule has 1 fully saturated rings. The Morgan fingerprint density at radius 3 is 2.48 bits per heavy atom. The predicted molar refractivity (Wildman–Crippen MR) is 163 cm³/mol. The number of benzene rings is 2. The van der Waals surface area contributed by atoms with Crippen molar-refractivity contribution >= 4 is 31.6 Å². The van der Waals surface area contributed by atoms with Crippen molar-refractivity contribution in [2.45, 2.75) is 43.7 Å². The summed E-state index contributed by atoms with van der Waals surface area (Å²) in [4.78, 5) is 2.63. The van der Waals surface area contributed by atoms with Gasteiger partial charge in [0.05, 0.1) is 30.1 Å². The zero-order chi connectivity index (χ0) is 29.7. The number of halogens is 1. The number of fused-ring (bicyclic) bond motifs is 1. The molecule has 0 atom stereocenters. The molecular weight excluding hydrogens is 598 g/mol. The standard InChI is InChI=1S/C29H38ClN5O5S2/c1-41(36,37)34-16-12-28-26(22-34)29(32-35(28)15-6-14-33-17-19-40-20-18-33)24-10-11-27(30)23(21-24)7-5-13-31-42(38,39)25-8-3-2-4-9-25/h2-4,8-11,21,31H,5-7,12-20,22H2,1H3. The SMILES string of the molecule is CS(=O)(=O)N1CCc2c(c(-c3ccc(Cl)c(CCCNS(=O)(=O)c4ccccc4)c3)nn2CCCN2CCOCC2)C1. The third-order valence-corrected chi connectivity index (χ3v) is 10.9. The van der Waals surface area contributed by atoms with Gasteiger partial charge in [-0.15, -0.1) is 0 Å². The maximum Gasteiger partial charge on any atom is 0.240 e. The quantitative estimate of drug-likeness (QED) is 0.304. The predicted octanol–water partition coefficient (Wildman–Crippen LogP) is 3.15. The molecule has 2 aliphatic heterocycles. The van der Waals surface area contributed by atoms with E-state index in [0.717, 1.165) is 73.9 Å². The highest BCUT2D eigenvalue weighted by atomic mass is 35.5. The van der Waals surface area contributed by atoms with E-state index in [1.54, 1.807) is 30.3 Å². The second kappa shape index (κ2) is 13.5. The fourth-order valence-corrected chi connectivity index (χ4v) is 7.61. The molecule has 3 heterocycles. The highest BCUT2D eigenvalue weighted by Crippen LogP contribution is 2.33. The number of rotatable bonds is 12. The summed E-state index contributed by atoms with van der Waals surface area (Å²) in [7, 11) is -6.93. The molecule has 1 saturated heterocycles. The molecule has 0 aliphatic carbocycles. The lowest BCUT2D eigenvalue weighted by molar-refractivity contribution is 0.0368. The largest absolute Gasteiger partial charge is 0.379 e. The molecule has 10 nitrogen and oxygen atoms in total. The van der Waals surface area contributed by atoms with Gasteiger partial charge in [0.25, 0.3) is 0 Å². The molecule has 1 N–H and O–H groups in total. The van der Waals surface area contributed by atoms with Crippen LogP contribution in [-0.4, -0.2) is 88.0 Å². The summed E-state index contributed by atoms with van der Waals surface area (Å²) < 4.78 is 61.6. The molecule has 0 amide bonds. The van der Waals surface area contributed by atoms with E-state index in [1.807, 2.05) is 18.2 Å². The van der Waals surface area contributed by atoms with E-state index in [2.05, 4.69) is 14.3 Å². The lowest BCUT2D eigenvalue weighted by Gasteiger charge is -2.27. The Bertz CT molecular complexity index is 1590. The summed E-state index contributed by atoms with van der Waals surface area (Å²) in [5.41, 5.74) is 4.55. The lowest BCUT2D eigenvalue weighted by atomic mass is 9.99. The van der Waals surface area contributed by atoms with Crippen LogP contribution in [0.5, 0.6) is 0 Å². The van der Waals surface area contributed by atoms with E-state index >= 15 is 0 Å². The number of aromatic nitrogens is 2. The normalized spacial score (nSPS) is 16.9. The number of sulfonamides is 2. The second-order valence-corrected chi connectivity index (χ2v) is 14.9. The number of nitrogens with zero attached hydrogens (tertiary/aromatic N) is 4. The summed E-state index contributed by atoms with van der Waals surface area (Å²) in [6, 6.07) is 14.0. The molecule has 13 heteroatoms. The first-order chi connectivity index (χ1) is 20.1. The van der Waals surface area contributed by atoms with Crippen molar-refractivity contribution in [2.75, 3.05) is 52.2 Å². The van der Waals surface area contributed by atoms with Crippen molar-refractivity contribution in [3.05, 3.63) is 70.4 Å². The minimum Gasteiger partial charge on any atom is -0.379 e. The molecule has 2 aromatic carbocycles. The van der Waals surface area contributed by atoms with Crippen LogP contribution in [0.4, 0.5) is 0 Å². The van der Waals surface area contributed by atoms with Gasteiger partial charge in [-0.3, -0.25) is 9.58 Å². The Morgan fingerprint density at radius 2 is 1.74 bits per heavy atom. The van der Waals surface area contributed by atoms with E-state index in [4.69, 9.17) is 21.4 Å². The Kier molecular flexibility index (Phi) is 10.0. The average molecular weight is 636 g/mol. The molecule has 5 rings (SSSR count). The summed E-state index contributed by atoms with van der Waals surface area (Å²) in [6.07, 6.45) is 3.92. The van der Waals surface area contributed by atoms with Crippen LogP contribution in [0, 0.1) is 0 Å². The van der Waals surface area contributed by atoms with Crippen LogP contribution < -0.4 is 4.72 Å². The maximum absolute atomic E-state index is 12.5. The topological polar surface area (TPSA) is 114 Å². The second-order valence-electron chi connectivity index (χ2n) is 10.8. The minimum absolute atomic E-state index is 0.235. The fourth-order valence-electron chi connectivity index (χ4n) is 5.52. The van der Waals surface area contributed by atoms with Gasteiger partial charge in [-0.1, -0.05) is 35.9 Å². The third kappa shape index (κ3) is 7.60.